The normalized spacial score (nSPS) is 10.9. The molecule has 15 heavy (non-hydrogen) atoms. The van der Waals surface area contributed by atoms with E-state index in [1.165, 1.54) is 0 Å². The second-order valence-electron chi connectivity index (χ2n) is 3.23. The molecule has 0 spiro atoms. The minimum absolute atomic E-state index is 0.453. The SMILES string of the molecule is CC#CP(=O)(OCCCC)OCCCC. The van der Waals surface area contributed by atoms with Crippen molar-refractivity contribution in [1.29, 1.82) is 0 Å². The van der Waals surface area contributed by atoms with E-state index in [9.17, 15) is 4.57 Å². The van der Waals surface area contributed by atoms with Gasteiger partial charge in [0.1, 0.15) is 0 Å². The van der Waals surface area contributed by atoms with Crippen molar-refractivity contribution in [2.45, 2.75) is 46.5 Å². The second-order valence-corrected chi connectivity index (χ2v) is 4.97. The summed E-state index contributed by atoms with van der Waals surface area (Å²) in [5.74, 6) is 2.60. The smallest absolute Gasteiger partial charge is 0.299 e. The van der Waals surface area contributed by atoms with Crippen LogP contribution in [0.2, 0.25) is 0 Å². The van der Waals surface area contributed by atoms with Gasteiger partial charge in [0.2, 0.25) is 0 Å². The minimum atomic E-state index is -3.14. The molecule has 0 N–H and O–H groups in total. The standard InChI is InChI=1S/C11H21O3P/c1-4-7-9-13-15(12,11-6-3)14-10-8-5-2/h4-5,7-10H2,1-3H3. The van der Waals surface area contributed by atoms with Gasteiger partial charge >= 0.3 is 7.60 Å². The molecule has 0 bridgehead atoms. The molecular formula is C11H21O3P. The van der Waals surface area contributed by atoms with Gasteiger partial charge in [0, 0.05) is 5.66 Å². The predicted molar refractivity (Wildman–Crippen MR) is 62.8 cm³/mol. The van der Waals surface area contributed by atoms with Crippen LogP contribution in [0.15, 0.2) is 0 Å². The van der Waals surface area contributed by atoms with Crippen LogP contribution in [-0.2, 0) is 13.6 Å². The van der Waals surface area contributed by atoms with E-state index in [1.54, 1.807) is 6.92 Å². The molecule has 0 unspecified atom stereocenters. The van der Waals surface area contributed by atoms with Crippen LogP contribution >= 0.6 is 7.60 Å². The Bertz CT molecular complexity index is 238. The van der Waals surface area contributed by atoms with Crippen molar-refractivity contribution in [2.75, 3.05) is 13.2 Å². The molecule has 0 saturated carbocycles. The van der Waals surface area contributed by atoms with E-state index in [-0.39, 0.29) is 0 Å². The predicted octanol–water partition coefficient (Wildman–Crippen LogP) is 3.79. The molecular weight excluding hydrogens is 211 g/mol. The second kappa shape index (κ2) is 8.97. The van der Waals surface area contributed by atoms with E-state index in [4.69, 9.17) is 9.05 Å². The minimum Gasteiger partial charge on any atom is -0.299 e. The Labute approximate surface area is 93.1 Å². The monoisotopic (exact) mass is 232 g/mol. The lowest BCUT2D eigenvalue weighted by atomic mass is 10.4. The van der Waals surface area contributed by atoms with Gasteiger partial charge in [-0.25, -0.2) is 4.57 Å². The highest BCUT2D eigenvalue weighted by Gasteiger charge is 2.20. The summed E-state index contributed by atoms with van der Waals surface area (Å²) < 4.78 is 22.4. The Hall–Kier alpha value is -0.290. The molecule has 3 nitrogen and oxygen atoms in total. The first-order valence-electron chi connectivity index (χ1n) is 5.51. The maximum absolute atomic E-state index is 11.9. The van der Waals surface area contributed by atoms with Gasteiger partial charge in [0.15, 0.2) is 0 Å². The fourth-order valence-corrected chi connectivity index (χ4v) is 2.11. The number of hydrogen-bond acceptors (Lipinski definition) is 3. The van der Waals surface area contributed by atoms with Gasteiger partial charge in [0.05, 0.1) is 13.2 Å². The molecule has 4 heteroatoms. The maximum atomic E-state index is 11.9. The van der Waals surface area contributed by atoms with E-state index in [2.05, 4.69) is 25.4 Å². The lowest BCUT2D eigenvalue weighted by molar-refractivity contribution is 0.209. The van der Waals surface area contributed by atoms with Crippen molar-refractivity contribution in [1.82, 2.24) is 0 Å². The molecule has 0 fully saturated rings. The summed E-state index contributed by atoms with van der Waals surface area (Å²) in [6.07, 6.45) is 3.78. The summed E-state index contributed by atoms with van der Waals surface area (Å²) in [5, 5.41) is 0. The summed E-state index contributed by atoms with van der Waals surface area (Å²) in [6.45, 7) is 6.65. The van der Waals surface area contributed by atoms with E-state index in [0.29, 0.717) is 13.2 Å². The van der Waals surface area contributed by atoms with Gasteiger partial charge < -0.3 is 0 Å². The molecule has 0 radical (unpaired) electrons. The Morgan fingerprint density at radius 1 is 1.07 bits per heavy atom. The Morgan fingerprint density at radius 3 is 1.87 bits per heavy atom. The first-order chi connectivity index (χ1) is 7.18. The van der Waals surface area contributed by atoms with Gasteiger partial charge in [-0.3, -0.25) is 9.05 Å². The van der Waals surface area contributed by atoms with Crippen LogP contribution in [0.5, 0.6) is 0 Å². The largest absolute Gasteiger partial charge is 0.405 e. The van der Waals surface area contributed by atoms with E-state index < -0.39 is 7.60 Å². The first-order valence-corrected chi connectivity index (χ1v) is 7.06. The zero-order valence-corrected chi connectivity index (χ0v) is 10.8. The lowest BCUT2D eigenvalue weighted by Crippen LogP contribution is -1.97. The van der Waals surface area contributed by atoms with Gasteiger partial charge in [-0.05, 0) is 19.8 Å². The van der Waals surface area contributed by atoms with Gasteiger partial charge in [-0.15, -0.1) is 0 Å². The van der Waals surface area contributed by atoms with E-state index in [1.807, 2.05) is 0 Å². The average molecular weight is 232 g/mol. The van der Waals surface area contributed by atoms with Gasteiger partial charge in [-0.1, -0.05) is 32.6 Å². The van der Waals surface area contributed by atoms with Crippen molar-refractivity contribution in [3.8, 4) is 11.6 Å². The van der Waals surface area contributed by atoms with Crippen LogP contribution in [0.1, 0.15) is 46.5 Å². The van der Waals surface area contributed by atoms with Crippen LogP contribution in [-0.4, -0.2) is 13.2 Å². The van der Waals surface area contributed by atoms with Crippen LogP contribution in [0.3, 0.4) is 0 Å². The Kier molecular flexibility index (Phi) is 8.80. The molecule has 0 aromatic heterocycles. The summed E-state index contributed by atoms with van der Waals surface area (Å²) in [6, 6.07) is 0. The third-order valence-electron chi connectivity index (χ3n) is 1.77. The molecule has 0 aliphatic carbocycles. The van der Waals surface area contributed by atoms with Gasteiger partial charge in [0.25, 0.3) is 0 Å². The number of rotatable bonds is 8. The van der Waals surface area contributed by atoms with Crippen molar-refractivity contribution < 1.29 is 13.6 Å². The molecule has 0 heterocycles. The molecule has 0 atom stereocenters. The zero-order chi connectivity index (χ0) is 11.6. The summed E-state index contributed by atoms with van der Waals surface area (Å²) in [4.78, 5) is 0. The highest BCUT2D eigenvalue weighted by Crippen LogP contribution is 2.47. The van der Waals surface area contributed by atoms with Crippen LogP contribution in [0.4, 0.5) is 0 Å². The van der Waals surface area contributed by atoms with Gasteiger partial charge in [-0.2, -0.15) is 0 Å². The Morgan fingerprint density at radius 2 is 1.53 bits per heavy atom. The van der Waals surface area contributed by atoms with Crippen molar-refractivity contribution in [2.24, 2.45) is 0 Å². The molecule has 0 aromatic rings. The summed E-state index contributed by atoms with van der Waals surface area (Å²) in [5.41, 5.74) is 2.54. The van der Waals surface area contributed by atoms with Crippen molar-refractivity contribution >= 4 is 7.60 Å². The quantitative estimate of drug-likeness (QED) is 0.363. The maximum Gasteiger partial charge on any atom is 0.405 e. The molecule has 88 valence electrons. The fourth-order valence-electron chi connectivity index (χ4n) is 0.897. The third-order valence-corrected chi connectivity index (χ3v) is 3.31. The third kappa shape index (κ3) is 7.62. The number of unbranched alkanes of at least 4 members (excludes halogenated alkanes) is 2. The average Bonchev–Trinajstić information content (AvgIpc) is 2.19. The van der Waals surface area contributed by atoms with Crippen molar-refractivity contribution in [3.63, 3.8) is 0 Å². The molecule has 0 amide bonds. The van der Waals surface area contributed by atoms with Crippen LogP contribution in [0, 0.1) is 11.6 Å². The van der Waals surface area contributed by atoms with E-state index >= 15 is 0 Å². The topological polar surface area (TPSA) is 35.5 Å². The molecule has 0 saturated heterocycles. The Balaban J connectivity index is 4.05. The number of hydrogen-bond donors (Lipinski definition) is 0. The highest BCUT2D eigenvalue weighted by atomic mass is 31.2. The lowest BCUT2D eigenvalue weighted by Gasteiger charge is -2.12. The molecule has 0 aliphatic rings. The first kappa shape index (κ1) is 14.7. The fraction of sp³-hybridized carbons (Fsp3) is 0.818. The van der Waals surface area contributed by atoms with Crippen molar-refractivity contribution in [3.05, 3.63) is 0 Å². The zero-order valence-electron chi connectivity index (χ0n) is 9.91. The summed E-state index contributed by atoms with van der Waals surface area (Å²) in [7, 11) is -3.14. The summed E-state index contributed by atoms with van der Waals surface area (Å²) >= 11 is 0. The van der Waals surface area contributed by atoms with E-state index in [0.717, 1.165) is 25.7 Å². The van der Waals surface area contributed by atoms with Crippen LogP contribution < -0.4 is 0 Å². The molecule has 0 rings (SSSR count). The molecule has 0 aromatic carbocycles. The molecule has 0 aliphatic heterocycles. The highest BCUT2D eigenvalue weighted by molar-refractivity contribution is 7.59. The van der Waals surface area contributed by atoms with Crippen LogP contribution in [0.25, 0.3) is 0 Å².